The van der Waals surface area contributed by atoms with Crippen molar-refractivity contribution < 1.29 is 9.47 Å². The van der Waals surface area contributed by atoms with Crippen LogP contribution in [0.5, 0.6) is 11.8 Å². The second kappa shape index (κ2) is 6.10. The summed E-state index contributed by atoms with van der Waals surface area (Å²) in [5.74, 6) is 0.954. The quantitative estimate of drug-likeness (QED) is 0.856. The van der Waals surface area contributed by atoms with Crippen molar-refractivity contribution in [1.29, 1.82) is 0 Å². The highest BCUT2D eigenvalue weighted by Gasteiger charge is 2.21. The van der Waals surface area contributed by atoms with E-state index < -0.39 is 0 Å². The summed E-state index contributed by atoms with van der Waals surface area (Å²) in [6.07, 6.45) is 0.0308. The zero-order valence-electron chi connectivity index (χ0n) is 12.7. The van der Waals surface area contributed by atoms with E-state index in [1.54, 1.807) is 12.1 Å². The first-order valence-corrected chi connectivity index (χ1v) is 6.46. The van der Waals surface area contributed by atoms with Crippen molar-refractivity contribution in [2.45, 2.75) is 39.3 Å². The maximum atomic E-state index is 5.82. The third kappa shape index (κ3) is 4.59. The minimum Gasteiger partial charge on any atom is -0.476 e. The van der Waals surface area contributed by atoms with Crippen LogP contribution in [0.2, 0.25) is 0 Å². The van der Waals surface area contributed by atoms with Crippen molar-refractivity contribution in [2.24, 2.45) is 0 Å². The third-order valence-electron chi connectivity index (χ3n) is 3.00. The summed E-state index contributed by atoms with van der Waals surface area (Å²) >= 11 is 0. The average molecular weight is 267 g/mol. The summed E-state index contributed by atoms with van der Waals surface area (Å²) in [5.41, 5.74) is 6.27. The Kier molecular flexibility index (Phi) is 5.00. The molecule has 5 heteroatoms. The van der Waals surface area contributed by atoms with Gasteiger partial charge in [-0.1, -0.05) is 0 Å². The second-order valence-corrected chi connectivity index (χ2v) is 5.71. The number of ether oxygens (including phenoxy) is 2. The second-order valence-electron chi connectivity index (χ2n) is 5.71. The topological polar surface area (TPSA) is 60.6 Å². The molecule has 108 valence electrons. The van der Waals surface area contributed by atoms with Gasteiger partial charge in [-0.3, -0.25) is 0 Å². The summed E-state index contributed by atoms with van der Waals surface area (Å²) in [6.45, 7) is 8.62. The fraction of sp³-hybridized carbons (Fsp3) is 0.643. The van der Waals surface area contributed by atoms with E-state index in [9.17, 15) is 0 Å². The van der Waals surface area contributed by atoms with Gasteiger partial charge in [-0.15, -0.1) is 0 Å². The molecule has 0 amide bonds. The lowest BCUT2D eigenvalue weighted by atomic mass is 10.1. The highest BCUT2D eigenvalue weighted by molar-refractivity contribution is 5.49. The minimum absolute atomic E-state index is 0.0308. The first-order valence-electron chi connectivity index (χ1n) is 6.46. The van der Waals surface area contributed by atoms with Crippen molar-refractivity contribution in [1.82, 2.24) is 9.88 Å². The lowest BCUT2D eigenvalue weighted by molar-refractivity contribution is 0.110. The molecule has 0 spiro atoms. The van der Waals surface area contributed by atoms with E-state index in [4.69, 9.17) is 15.2 Å². The molecule has 0 fully saturated rings. The number of hydrogen-bond donors (Lipinski definition) is 1. The van der Waals surface area contributed by atoms with Crippen LogP contribution in [-0.4, -0.2) is 42.2 Å². The molecule has 1 aromatic rings. The lowest BCUT2D eigenvalue weighted by Gasteiger charge is -2.31. The molecule has 0 saturated carbocycles. The van der Waals surface area contributed by atoms with E-state index in [0.717, 1.165) is 0 Å². The zero-order chi connectivity index (χ0) is 14.6. The molecule has 2 N–H and O–H groups in total. The van der Waals surface area contributed by atoms with Crippen LogP contribution in [0, 0.1) is 0 Å². The number of nitrogens with zero attached hydrogens (tertiary/aromatic N) is 2. The first-order chi connectivity index (χ1) is 8.72. The van der Waals surface area contributed by atoms with Gasteiger partial charge in [0.25, 0.3) is 0 Å². The standard InChI is InChI=1S/C14H25N3O2/c1-10(2)19-13-11(15)7-8-12(16-13)18-9-14(3,4)17(5)6/h7-8,10H,9,15H2,1-6H3. The maximum Gasteiger partial charge on any atom is 0.240 e. The molecule has 5 nitrogen and oxygen atoms in total. The van der Waals surface area contributed by atoms with Gasteiger partial charge in [-0.2, -0.15) is 4.98 Å². The van der Waals surface area contributed by atoms with Crippen LogP contribution >= 0.6 is 0 Å². The van der Waals surface area contributed by atoms with Crippen LogP contribution in [0.4, 0.5) is 5.69 Å². The van der Waals surface area contributed by atoms with Crippen LogP contribution in [0.3, 0.4) is 0 Å². The largest absolute Gasteiger partial charge is 0.476 e. The van der Waals surface area contributed by atoms with Gasteiger partial charge in [-0.05, 0) is 47.9 Å². The van der Waals surface area contributed by atoms with Gasteiger partial charge in [0.1, 0.15) is 6.61 Å². The maximum absolute atomic E-state index is 5.82. The van der Waals surface area contributed by atoms with E-state index >= 15 is 0 Å². The molecule has 0 aromatic carbocycles. The van der Waals surface area contributed by atoms with E-state index in [1.165, 1.54) is 0 Å². The molecule has 0 saturated heterocycles. The Hall–Kier alpha value is -1.49. The predicted molar refractivity (Wildman–Crippen MR) is 77.7 cm³/mol. The molecular weight excluding hydrogens is 242 g/mol. The molecule has 0 aliphatic heterocycles. The molecular formula is C14H25N3O2. The van der Waals surface area contributed by atoms with Gasteiger partial charge in [-0.25, -0.2) is 0 Å². The van der Waals surface area contributed by atoms with Crippen molar-refractivity contribution in [3.05, 3.63) is 12.1 Å². The number of pyridine rings is 1. The van der Waals surface area contributed by atoms with E-state index in [2.05, 4.69) is 23.7 Å². The molecule has 0 unspecified atom stereocenters. The highest BCUT2D eigenvalue weighted by Crippen LogP contribution is 2.24. The summed E-state index contributed by atoms with van der Waals surface area (Å²) in [4.78, 5) is 6.39. The fourth-order valence-corrected chi connectivity index (χ4v) is 1.21. The van der Waals surface area contributed by atoms with Crippen molar-refractivity contribution in [2.75, 3.05) is 26.4 Å². The molecule has 1 heterocycles. The van der Waals surface area contributed by atoms with Gasteiger partial charge in [0.2, 0.25) is 11.8 Å². The zero-order valence-corrected chi connectivity index (χ0v) is 12.7. The summed E-state index contributed by atoms with van der Waals surface area (Å²) < 4.78 is 11.3. The van der Waals surface area contributed by atoms with Crippen molar-refractivity contribution in [3.63, 3.8) is 0 Å². The molecule has 0 radical (unpaired) electrons. The Morgan fingerprint density at radius 2 is 1.95 bits per heavy atom. The normalized spacial score (nSPS) is 12.0. The minimum atomic E-state index is -0.0673. The Morgan fingerprint density at radius 3 is 2.47 bits per heavy atom. The number of nitrogen functional groups attached to an aromatic ring is 1. The van der Waals surface area contributed by atoms with Gasteiger partial charge in [0, 0.05) is 11.6 Å². The number of rotatable bonds is 6. The van der Waals surface area contributed by atoms with Crippen LogP contribution in [0.25, 0.3) is 0 Å². The summed E-state index contributed by atoms with van der Waals surface area (Å²) in [5, 5.41) is 0. The molecule has 0 aliphatic carbocycles. The Balaban J connectivity index is 2.75. The Labute approximate surface area is 115 Å². The van der Waals surface area contributed by atoms with Crippen LogP contribution in [0.15, 0.2) is 12.1 Å². The number of anilines is 1. The third-order valence-corrected chi connectivity index (χ3v) is 3.00. The number of hydrogen-bond acceptors (Lipinski definition) is 5. The Bertz CT molecular complexity index is 417. The summed E-state index contributed by atoms with van der Waals surface area (Å²) in [6, 6.07) is 3.51. The molecule has 0 bridgehead atoms. The SMILES string of the molecule is CC(C)Oc1nc(OCC(C)(C)N(C)C)ccc1N. The summed E-state index contributed by atoms with van der Waals surface area (Å²) in [7, 11) is 4.04. The van der Waals surface area contributed by atoms with Crippen LogP contribution in [-0.2, 0) is 0 Å². The van der Waals surface area contributed by atoms with Crippen LogP contribution < -0.4 is 15.2 Å². The number of aromatic nitrogens is 1. The first kappa shape index (κ1) is 15.6. The van der Waals surface area contributed by atoms with Gasteiger partial charge in [0.15, 0.2) is 0 Å². The monoisotopic (exact) mass is 267 g/mol. The molecule has 19 heavy (non-hydrogen) atoms. The Morgan fingerprint density at radius 1 is 1.32 bits per heavy atom. The smallest absolute Gasteiger partial charge is 0.240 e. The molecule has 1 rings (SSSR count). The highest BCUT2D eigenvalue weighted by atomic mass is 16.5. The number of nitrogens with two attached hydrogens (primary N) is 1. The van der Waals surface area contributed by atoms with Gasteiger partial charge in [0.05, 0.1) is 11.8 Å². The van der Waals surface area contributed by atoms with Crippen molar-refractivity contribution in [3.8, 4) is 11.8 Å². The van der Waals surface area contributed by atoms with E-state index in [-0.39, 0.29) is 11.6 Å². The molecule has 1 aromatic heterocycles. The van der Waals surface area contributed by atoms with Gasteiger partial charge >= 0.3 is 0 Å². The van der Waals surface area contributed by atoms with E-state index in [1.807, 2.05) is 27.9 Å². The van der Waals surface area contributed by atoms with E-state index in [0.29, 0.717) is 24.1 Å². The van der Waals surface area contributed by atoms with Crippen molar-refractivity contribution >= 4 is 5.69 Å². The lowest BCUT2D eigenvalue weighted by Crippen LogP contribution is -2.43. The number of likely N-dealkylation sites (N-methyl/N-ethyl adjacent to an activating group) is 1. The predicted octanol–water partition coefficient (Wildman–Crippen LogP) is 2.17. The van der Waals surface area contributed by atoms with Gasteiger partial charge < -0.3 is 20.1 Å². The molecule has 0 aliphatic rings. The molecule has 0 atom stereocenters. The van der Waals surface area contributed by atoms with Crippen LogP contribution in [0.1, 0.15) is 27.7 Å². The fourth-order valence-electron chi connectivity index (χ4n) is 1.21. The average Bonchev–Trinajstić information content (AvgIpc) is 2.29.